The van der Waals surface area contributed by atoms with E-state index in [1.54, 1.807) is 31.2 Å². The molecule has 0 aromatic heterocycles. The highest BCUT2D eigenvalue weighted by Gasteiger charge is 2.41. The Morgan fingerprint density at radius 1 is 1.23 bits per heavy atom. The average molecular weight is 512 g/mol. The van der Waals surface area contributed by atoms with Gasteiger partial charge in [-0.3, -0.25) is 4.79 Å². The molecule has 4 rings (SSSR count). The van der Waals surface area contributed by atoms with Crippen molar-refractivity contribution in [2.24, 2.45) is 4.99 Å². The first-order chi connectivity index (χ1) is 16.9. The van der Waals surface area contributed by atoms with Crippen LogP contribution < -0.4 is 5.32 Å². The SMILES string of the molecule is C=CCOC(=O)C1=C(C)N=C2SC=C(CC(=O)NCc3ccc(F)cc3)N2C1c1ccc(Cl)cc1. The molecule has 35 heavy (non-hydrogen) atoms. The number of rotatable bonds is 8. The van der Waals surface area contributed by atoms with Crippen LogP contribution in [0.25, 0.3) is 0 Å². The molecule has 2 aromatic rings. The van der Waals surface area contributed by atoms with Gasteiger partial charge in [0.05, 0.1) is 23.7 Å². The van der Waals surface area contributed by atoms with Gasteiger partial charge in [-0.2, -0.15) is 0 Å². The van der Waals surface area contributed by atoms with Crippen LogP contribution in [0.5, 0.6) is 0 Å². The summed E-state index contributed by atoms with van der Waals surface area (Å²) >= 11 is 7.50. The number of ether oxygens (including phenoxy) is 1. The maximum atomic E-state index is 13.1. The van der Waals surface area contributed by atoms with Gasteiger partial charge in [0.25, 0.3) is 0 Å². The van der Waals surface area contributed by atoms with Crippen molar-refractivity contribution in [3.8, 4) is 0 Å². The Morgan fingerprint density at radius 3 is 2.63 bits per heavy atom. The summed E-state index contributed by atoms with van der Waals surface area (Å²) in [5.74, 6) is -1.04. The number of allylic oxidation sites excluding steroid dienone is 1. The van der Waals surface area contributed by atoms with E-state index in [0.29, 0.717) is 27.2 Å². The third-order valence-corrected chi connectivity index (χ3v) is 6.62. The van der Waals surface area contributed by atoms with E-state index in [9.17, 15) is 14.0 Å². The number of nitrogens with zero attached hydrogens (tertiary/aromatic N) is 2. The fourth-order valence-corrected chi connectivity index (χ4v) is 4.92. The molecule has 0 bridgehead atoms. The maximum Gasteiger partial charge on any atom is 0.338 e. The third-order valence-electron chi connectivity index (χ3n) is 5.48. The van der Waals surface area contributed by atoms with Crippen molar-refractivity contribution in [3.63, 3.8) is 0 Å². The molecule has 9 heteroatoms. The molecule has 1 amide bonds. The largest absolute Gasteiger partial charge is 0.458 e. The molecule has 2 aliphatic heterocycles. The van der Waals surface area contributed by atoms with Crippen molar-refractivity contribution in [1.29, 1.82) is 0 Å². The minimum absolute atomic E-state index is 0.0722. The van der Waals surface area contributed by atoms with Crippen molar-refractivity contribution >= 4 is 40.4 Å². The van der Waals surface area contributed by atoms with Crippen LogP contribution in [0.3, 0.4) is 0 Å². The number of aliphatic imine (C=N–C) groups is 1. The Hall–Kier alpha value is -3.36. The van der Waals surface area contributed by atoms with Gasteiger partial charge in [0.1, 0.15) is 12.4 Å². The third kappa shape index (κ3) is 5.66. The zero-order chi connectivity index (χ0) is 24.9. The molecular formula is C26H23ClFN3O3S. The Balaban J connectivity index is 1.58. The maximum absolute atomic E-state index is 13.1. The summed E-state index contributed by atoms with van der Waals surface area (Å²) in [6.07, 6.45) is 1.58. The Morgan fingerprint density at radius 2 is 1.94 bits per heavy atom. The van der Waals surface area contributed by atoms with Gasteiger partial charge in [-0.1, -0.05) is 60.3 Å². The summed E-state index contributed by atoms with van der Waals surface area (Å²) < 4.78 is 18.5. The fourth-order valence-electron chi connectivity index (χ4n) is 3.83. The van der Waals surface area contributed by atoms with Gasteiger partial charge in [0, 0.05) is 17.3 Å². The van der Waals surface area contributed by atoms with Crippen LogP contribution in [-0.4, -0.2) is 28.6 Å². The smallest absolute Gasteiger partial charge is 0.338 e. The van der Waals surface area contributed by atoms with E-state index >= 15 is 0 Å². The summed E-state index contributed by atoms with van der Waals surface area (Å²) in [5, 5.41) is 5.97. The minimum Gasteiger partial charge on any atom is -0.458 e. The van der Waals surface area contributed by atoms with Gasteiger partial charge >= 0.3 is 5.97 Å². The van der Waals surface area contributed by atoms with Gasteiger partial charge in [-0.15, -0.1) is 0 Å². The van der Waals surface area contributed by atoms with Crippen LogP contribution in [0.1, 0.15) is 30.5 Å². The number of hydrogen-bond acceptors (Lipinski definition) is 6. The van der Waals surface area contributed by atoms with E-state index in [0.717, 1.165) is 11.1 Å². The summed E-state index contributed by atoms with van der Waals surface area (Å²) in [7, 11) is 0. The van der Waals surface area contributed by atoms with Gasteiger partial charge in [-0.05, 0) is 47.7 Å². The molecule has 2 heterocycles. The molecule has 0 fully saturated rings. The highest BCUT2D eigenvalue weighted by molar-refractivity contribution is 8.16. The zero-order valence-electron chi connectivity index (χ0n) is 19.0. The lowest BCUT2D eigenvalue weighted by molar-refractivity contribution is -0.138. The quantitative estimate of drug-likeness (QED) is 0.375. The van der Waals surface area contributed by atoms with Crippen LogP contribution in [0.15, 0.2) is 88.6 Å². The first kappa shape index (κ1) is 24.8. The lowest BCUT2D eigenvalue weighted by Gasteiger charge is -2.36. The number of benzene rings is 2. The predicted octanol–water partition coefficient (Wildman–Crippen LogP) is 5.49. The molecule has 180 valence electrons. The van der Waals surface area contributed by atoms with E-state index in [1.165, 1.54) is 30.0 Å². The number of amidine groups is 1. The van der Waals surface area contributed by atoms with Crippen molar-refractivity contribution in [3.05, 3.63) is 106 Å². The van der Waals surface area contributed by atoms with Crippen LogP contribution >= 0.6 is 23.4 Å². The van der Waals surface area contributed by atoms with Crippen LogP contribution in [0, 0.1) is 5.82 Å². The number of carbonyl (C=O) groups is 2. The Labute approximate surface area is 212 Å². The first-order valence-electron chi connectivity index (χ1n) is 10.9. The normalized spacial score (nSPS) is 16.9. The highest BCUT2D eigenvalue weighted by atomic mass is 35.5. The number of halogens is 2. The number of amides is 1. The lowest BCUT2D eigenvalue weighted by atomic mass is 9.94. The summed E-state index contributed by atoms with van der Waals surface area (Å²) in [4.78, 5) is 32.3. The van der Waals surface area contributed by atoms with Crippen LogP contribution in [-0.2, 0) is 20.9 Å². The van der Waals surface area contributed by atoms with E-state index in [1.807, 2.05) is 22.4 Å². The van der Waals surface area contributed by atoms with E-state index in [-0.39, 0.29) is 31.3 Å². The standard InChI is InChI=1S/C26H23ClFN3O3S/c1-3-12-34-25(33)23-16(2)30-26-31(24(23)18-6-8-19(27)9-7-18)21(15-35-26)13-22(32)29-14-17-4-10-20(28)11-5-17/h3-11,15,24H,1,12-14H2,2H3,(H,29,32). The number of esters is 1. The molecule has 2 aliphatic rings. The highest BCUT2D eigenvalue weighted by Crippen LogP contribution is 2.45. The second-order valence-corrected chi connectivity index (χ2v) is 9.18. The second-order valence-electron chi connectivity index (χ2n) is 7.91. The Bertz CT molecular complexity index is 1240. The molecule has 0 aliphatic carbocycles. The second kappa shape index (κ2) is 10.9. The number of thioether (sulfide) groups is 1. The predicted molar refractivity (Wildman–Crippen MR) is 136 cm³/mol. The van der Waals surface area contributed by atoms with Crippen molar-refractivity contribution < 1.29 is 18.7 Å². The number of carbonyl (C=O) groups excluding carboxylic acids is 2. The molecule has 0 saturated carbocycles. The molecule has 6 nitrogen and oxygen atoms in total. The van der Waals surface area contributed by atoms with E-state index in [4.69, 9.17) is 16.3 Å². The van der Waals surface area contributed by atoms with Crippen LogP contribution in [0.2, 0.25) is 5.02 Å². The van der Waals surface area contributed by atoms with Gasteiger partial charge in [0.15, 0.2) is 5.17 Å². The molecule has 0 spiro atoms. The summed E-state index contributed by atoms with van der Waals surface area (Å²) in [6, 6.07) is 12.6. The van der Waals surface area contributed by atoms with Gasteiger partial charge < -0.3 is 15.0 Å². The zero-order valence-corrected chi connectivity index (χ0v) is 20.5. The van der Waals surface area contributed by atoms with Crippen molar-refractivity contribution in [2.75, 3.05) is 6.61 Å². The number of hydrogen-bond donors (Lipinski definition) is 1. The topological polar surface area (TPSA) is 71.0 Å². The van der Waals surface area contributed by atoms with Gasteiger partial charge in [0.2, 0.25) is 5.91 Å². The lowest BCUT2D eigenvalue weighted by Crippen LogP contribution is -2.38. The first-order valence-corrected chi connectivity index (χ1v) is 12.1. The molecule has 0 radical (unpaired) electrons. The van der Waals surface area contributed by atoms with Gasteiger partial charge in [-0.25, -0.2) is 14.2 Å². The Kier molecular flexibility index (Phi) is 7.73. The molecular weight excluding hydrogens is 489 g/mol. The minimum atomic E-state index is -0.539. The van der Waals surface area contributed by atoms with E-state index in [2.05, 4.69) is 16.9 Å². The molecule has 0 saturated heterocycles. The summed E-state index contributed by atoms with van der Waals surface area (Å²) in [6.45, 7) is 5.72. The molecule has 1 atom stereocenters. The van der Waals surface area contributed by atoms with Crippen molar-refractivity contribution in [1.82, 2.24) is 10.2 Å². The monoisotopic (exact) mass is 511 g/mol. The van der Waals surface area contributed by atoms with E-state index < -0.39 is 12.0 Å². The summed E-state index contributed by atoms with van der Waals surface area (Å²) in [5.41, 5.74) is 3.24. The fraction of sp³-hybridized carbons (Fsp3) is 0.192. The molecule has 1 N–H and O–H groups in total. The average Bonchev–Trinajstić information content (AvgIpc) is 3.23. The molecule has 1 unspecified atom stereocenters. The number of fused-ring (bicyclic) bond motifs is 1. The van der Waals surface area contributed by atoms with Crippen molar-refractivity contribution in [2.45, 2.75) is 25.9 Å². The molecule has 2 aromatic carbocycles. The number of nitrogens with one attached hydrogen (secondary N) is 1. The van der Waals surface area contributed by atoms with Crippen LogP contribution in [0.4, 0.5) is 4.39 Å².